The van der Waals surface area contributed by atoms with Gasteiger partial charge in [-0.15, -0.1) is 0 Å². The van der Waals surface area contributed by atoms with E-state index in [1.165, 1.54) is 24.3 Å². The predicted molar refractivity (Wildman–Crippen MR) is 150 cm³/mol. The molecule has 7 nitrogen and oxygen atoms in total. The van der Waals surface area contributed by atoms with Gasteiger partial charge in [0.15, 0.2) is 0 Å². The van der Waals surface area contributed by atoms with E-state index >= 15 is 0 Å². The molecule has 0 radical (unpaired) electrons. The molecule has 1 saturated carbocycles. The van der Waals surface area contributed by atoms with Gasteiger partial charge in [-0.25, -0.2) is 9.38 Å². The van der Waals surface area contributed by atoms with Crippen molar-refractivity contribution in [1.29, 1.82) is 0 Å². The molecular weight excluding hydrogens is 538 g/mol. The van der Waals surface area contributed by atoms with Crippen LogP contribution in [0.25, 0.3) is 0 Å². The second-order valence-electron chi connectivity index (χ2n) is 9.72. The molecule has 1 fully saturated rings. The van der Waals surface area contributed by atoms with Gasteiger partial charge in [-0.3, -0.25) is 4.79 Å². The van der Waals surface area contributed by atoms with Crippen molar-refractivity contribution in [2.75, 3.05) is 19.0 Å². The Hall–Kier alpha value is -4.22. The van der Waals surface area contributed by atoms with E-state index in [9.17, 15) is 22.4 Å². The van der Waals surface area contributed by atoms with Crippen LogP contribution in [0.2, 0.25) is 0 Å². The largest absolute Gasteiger partial charge is 0.497 e. The molecule has 1 aliphatic rings. The summed E-state index contributed by atoms with van der Waals surface area (Å²) in [4.78, 5) is 17.3. The first-order chi connectivity index (χ1) is 19.6. The van der Waals surface area contributed by atoms with E-state index in [2.05, 4.69) is 15.6 Å². The minimum atomic E-state index is -4.90. The molecule has 0 bridgehead atoms. The van der Waals surface area contributed by atoms with E-state index in [0.717, 1.165) is 24.9 Å². The number of alkyl halides is 3. The van der Waals surface area contributed by atoms with Crippen molar-refractivity contribution in [1.82, 2.24) is 5.32 Å². The minimum Gasteiger partial charge on any atom is -0.497 e. The maximum Gasteiger partial charge on any atom is 0.430 e. The SMILES string of the molecule is COc1cccc(C(NCC2CC2)c2ccc(F)c(NC(=O)C(/C=C(\N)C(F)(F)F)=Nc3cccc(CN)c3)c2)c1. The Labute approximate surface area is 235 Å². The fraction of sp³-hybridized carbons (Fsp3) is 0.267. The van der Waals surface area contributed by atoms with Crippen LogP contribution < -0.4 is 26.8 Å². The second-order valence-corrected chi connectivity index (χ2v) is 9.72. The number of carbonyl (C=O) groups is 1. The molecule has 1 atom stereocenters. The zero-order valence-corrected chi connectivity index (χ0v) is 22.3. The number of hydrogen-bond acceptors (Lipinski definition) is 6. The van der Waals surface area contributed by atoms with Crippen molar-refractivity contribution in [3.8, 4) is 5.75 Å². The maximum absolute atomic E-state index is 15.0. The van der Waals surface area contributed by atoms with Crippen LogP contribution in [0.1, 0.15) is 35.6 Å². The summed E-state index contributed by atoms with van der Waals surface area (Å²) in [6.45, 7) is 0.897. The first-order valence-electron chi connectivity index (χ1n) is 13.0. The topological polar surface area (TPSA) is 115 Å². The number of halogens is 4. The quantitative estimate of drug-likeness (QED) is 0.180. The molecule has 11 heteroatoms. The molecular formula is C30H31F4N5O2. The van der Waals surface area contributed by atoms with Gasteiger partial charge in [0.2, 0.25) is 0 Å². The Bertz CT molecular complexity index is 1450. The number of methoxy groups -OCH3 is 1. The summed E-state index contributed by atoms with van der Waals surface area (Å²) in [5.74, 6) is -0.656. The molecule has 1 aliphatic carbocycles. The first-order valence-corrected chi connectivity index (χ1v) is 13.0. The Morgan fingerprint density at radius 1 is 1.10 bits per heavy atom. The average Bonchev–Trinajstić information content (AvgIpc) is 3.78. The molecule has 0 aromatic heterocycles. The van der Waals surface area contributed by atoms with Crippen molar-refractivity contribution >= 4 is 23.0 Å². The van der Waals surface area contributed by atoms with Gasteiger partial charge in [0.05, 0.1) is 24.5 Å². The highest BCUT2D eigenvalue weighted by Crippen LogP contribution is 2.32. The number of amides is 1. The van der Waals surface area contributed by atoms with Crippen LogP contribution in [-0.4, -0.2) is 31.4 Å². The number of hydrogen-bond donors (Lipinski definition) is 4. The van der Waals surface area contributed by atoms with Gasteiger partial charge in [-0.2, -0.15) is 13.2 Å². The third-order valence-electron chi connectivity index (χ3n) is 6.55. The van der Waals surface area contributed by atoms with E-state index in [0.29, 0.717) is 28.9 Å². The van der Waals surface area contributed by atoms with Crippen LogP contribution in [0.5, 0.6) is 5.75 Å². The molecule has 6 N–H and O–H groups in total. The molecule has 0 saturated heterocycles. The van der Waals surface area contributed by atoms with Crippen LogP contribution in [0.15, 0.2) is 83.5 Å². The highest BCUT2D eigenvalue weighted by atomic mass is 19.4. The molecule has 3 aromatic rings. The van der Waals surface area contributed by atoms with Gasteiger partial charge in [0.1, 0.15) is 23.0 Å². The number of carbonyl (C=O) groups excluding carboxylic acids is 1. The normalized spacial score (nSPS) is 15.0. The van der Waals surface area contributed by atoms with E-state index < -0.39 is 29.3 Å². The number of allylic oxidation sites excluding steroid dienone is 1. The van der Waals surface area contributed by atoms with Crippen molar-refractivity contribution < 1.29 is 27.1 Å². The molecule has 0 aliphatic heterocycles. The number of nitrogens with one attached hydrogen (secondary N) is 2. The van der Waals surface area contributed by atoms with Gasteiger partial charge in [-0.1, -0.05) is 30.3 Å². The van der Waals surface area contributed by atoms with Gasteiger partial charge < -0.3 is 26.8 Å². The maximum atomic E-state index is 15.0. The van der Waals surface area contributed by atoms with Crippen LogP contribution in [0.4, 0.5) is 28.9 Å². The van der Waals surface area contributed by atoms with Crippen molar-refractivity contribution in [2.24, 2.45) is 22.4 Å². The van der Waals surface area contributed by atoms with Gasteiger partial charge in [-0.05, 0) is 84.5 Å². The fourth-order valence-electron chi connectivity index (χ4n) is 4.13. The van der Waals surface area contributed by atoms with Gasteiger partial charge >= 0.3 is 6.18 Å². The standard InChI is InChI=1S/C30H31F4N5O2/c1-41-23-7-3-5-20(13-23)28(37-17-18-8-9-18)21-10-11-24(31)25(14-21)39-29(40)26(15-27(36)30(32,33)34)38-22-6-2-4-19(12-22)16-35/h2-7,10-15,18,28,37H,8-9,16-17,35-36H2,1H3,(H,39,40)/b27-15-,38-26?. The Morgan fingerprint density at radius 2 is 1.83 bits per heavy atom. The molecule has 0 spiro atoms. The lowest BCUT2D eigenvalue weighted by atomic mass is 9.97. The minimum absolute atomic E-state index is 0.159. The first kappa shape index (κ1) is 29.8. The van der Waals surface area contributed by atoms with E-state index in [1.807, 2.05) is 24.3 Å². The summed E-state index contributed by atoms with van der Waals surface area (Å²) in [7, 11) is 1.56. The molecule has 4 rings (SSSR count). The summed E-state index contributed by atoms with van der Waals surface area (Å²) in [6.07, 6.45) is -2.24. The van der Waals surface area contributed by atoms with E-state index in [-0.39, 0.29) is 24.0 Å². The second kappa shape index (κ2) is 13.0. The Kier molecular flexibility index (Phi) is 9.41. The lowest BCUT2D eigenvalue weighted by molar-refractivity contribution is -0.110. The van der Waals surface area contributed by atoms with Gasteiger partial charge in [0, 0.05) is 6.54 Å². The zero-order valence-electron chi connectivity index (χ0n) is 22.3. The van der Waals surface area contributed by atoms with Crippen LogP contribution in [-0.2, 0) is 11.3 Å². The monoisotopic (exact) mass is 569 g/mol. The summed E-state index contributed by atoms with van der Waals surface area (Å²) in [5, 5.41) is 5.87. The molecule has 216 valence electrons. The van der Waals surface area contributed by atoms with Crippen LogP contribution in [0, 0.1) is 11.7 Å². The summed E-state index contributed by atoms with van der Waals surface area (Å²) >= 11 is 0. The number of nitrogens with two attached hydrogens (primary N) is 2. The summed E-state index contributed by atoms with van der Waals surface area (Å²) < 4.78 is 60.0. The van der Waals surface area contributed by atoms with E-state index in [1.54, 1.807) is 25.3 Å². The number of anilines is 1. The number of benzene rings is 3. The lowest BCUT2D eigenvalue weighted by Gasteiger charge is -2.21. The average molecular weight is 570 g/mol. The van der Waals surface area contributed by atoms with Crippen LogP contribution >= 0.6 is 0 Å². The van der Waals surface area contributed by atoms with Crippen molar-refractivity contribution in [3.05, 3.63) is 101 Å². The van der Waals surface area contributed by atoms with Crippen molar-refractivity contribution in [2.45, 2.75) is 31.6 Å². The highest BCUT2D eigenvalue weighted by Gasteiger charge is 2.32. The number of ether oxygens (including phenoxy) is 1. The molecule has 3 aromatic carbocycles. The van der Waals surface area contributed by atoms with Crippen LogP contribution in [0.3, 0.4) is 0 Å². The molecule has 41 heavy (non-hydrogen) atoms. The fourth-order valence-corrected chi connectivity index (χ4v) is 4.13. The lowest BCUT2D eigenvalue weighted by Crippen LogP contribution is -2.27. The summed E-state index contributed by atoms with van der Waals surface area (Å²) in [6, 6.07) is 17.6. The smallest absolute Gasteiger partial charge is 0.430 e. The van der Waals surface area contributed by atoms with Gasteiger partial charge in [0.25, 0.3) is 5.91 Å². The molecule has 1 amide bonds. The Balaban J connectivity index is 1.68. The molecule has 1 unspecified atom stereocenters. The predicted octanol–water partition coefficient (Wildman–Crippen LogP) is 5.50. The zero-order chi connectivity index (χ0) is 29.6. The number of nitrogens with zero attached hydrogens (tertiary/aromatic N) is 1. The Morgan fingerprint density at radius 3 is 2.51 bits per heavy atom. The van der Waals surface area contributed by atoms with Crippen molar-refractivity contribution in [3.63, 3.8) is 0 Å². The molecule has 0 heterocycles. The summed E-state index contributed by atoms with van der Waals surface area (Å²) in [5.41, 5.74) is 10.8. The number of aliphatic imine (C=N–C) groups is 1. The van der Waals surface area contributed by atoms with E-state index in [4.69, 9.17) is 16.2 Å². The third-order valence-corrected chi connectivity index (χ3v) is 6.55. The number of rotatable bonds is 11. The third kappa shape index (κ3) is 8.15. The highest BCUT2D eigenvalue weighted by molar-refractivity contribution is 6.47.